The van der Waals surface area contributed by atoms with Crippen molar-refractivity contribution in [3.05, 3.63) is 117 Å². The average Bonchev–Trinajstić information content (AvgIpc) is 4.02. The van der Waals surface area contributed by atoms with E-state index in [0.29, 0.717) is 60.2 Å². The van der Waals surface area contributed by atoms with Gasteiger partial charge in [0.25, 0.3) is 0 Å². The normalized spacial score (nSPS) is 18.1. The monoisotopic (exact) mass is 1110 g/mol. The van der Waals surface area contributed by atoms with Crippen LogP contribution in [-0.2, 0) is 20.7 Å². The number of halogens is 4. The van der Waals surface area contributed by atoms with Crippen LogP contribution in [0.15, 0.2) is 77.8 Å². The topological polar surface area (TPSA) is 115 Å². The van der Waals surface area contributed by atoms with Crippen molar-refractivity contribution in [2.45, 2.75) is 90.5 Å². The van der Waals surface area contributed by atoms with Crippen LogP contribution >= 0.6 is 30.1 Å². The molecular formula is C58H67ClF3N10O3PS. The smallest absolute Gasteiger partial charge is 0.371 e. The highest BCUT2D eigenvalue weighted by Gasteiger charge is 2.41. The zero-order chi connectivity index (χ0) is 54.6. The first-order valence-corrected chi connectivity index (χ1v) is 30.4. The number of nitrogens with zero attached hydrogens (tertiary/aromatic N) is 10. The molecule has 1 spiro atoms. The number of anilines is 2. The van der Waals surface area contributed by atoms with E-state index in [1.807, 2.05) is 96.4 Å². The van der Waals surface area contributed by atoms with Gasteiger partial charge in [-0.1, -0.05) is 35.7 Å². The van der Waals surface area contributed by atoms with Gasteiger partial charge in [0.15, 0.2) is 5.82 Å². The number of piperidine rings is 3. The maximum Gasteiger partial charge on any atom is 0.406 e. The van der Waals surface area contributed by atoms with Gasteiger partial charge in [-0.05, 0) is 144 Å². The van der Waals surface area contributed by atoms with Crippen molar-refractivity contribution in [2.24, 2.45) is 10.4 Å². The molecule has 0 radical (unpaired) electrons. The summed E-state index contributed by atoms with van der Waals surface area (Å²) in [4.78, 5) is 44.9. The summed E-state index contributed by atoms with van der Waals surface area (Å²) in [7, 11) is 1.47. The molecule has 4 aliphatic heterocycles. The van der Waals surface area contributed by atoms with Crippen molar-refractivity contribution in [1.29, 1.82) is 0 Å². The van der Waals surface area contributed by atoms with Crippen molar-refractivity contribution in [1.82, 2.24) is 34.0 Å². The Morgan fingerprint density at radius 2 is 1.52 bits per heavy atom. The predicted molar refractivity (Wildman–Crippen MR) is 303 cm³/mol. The molecule has 19 heteroatoms. The molecule has 3 aromatic heterocycles. The fraction of sp³-hybridized carbons (Fsp3) is 0.466. The van der Waals surface area contributed by atoms with Crippen molar-refractivity contribution in [3.63, 3.8) is 0 Å². The Morgan fingerprint density at radius 1 is 0.870 bits per heavy atom. The number of thiophene rings is 1. The molecule has 0 N–H and O–H groups in total. The second-order valence-corrected chi connectivity index (χ2v) is 26.8. The average molecular weight is 1110 g/mol. The maximum atomic E-state index is 14.2. The molecule has 13 nitrogen and oxygen atoms in total. The third-order valence-corrected chi connectivity index (χ3v) is 19.6. The van der Waals surface area contributed by atoms with Crippen molar-refractivity contribution < 1.29 is 27.3 Å². The van der Waals surface area contributed by atoms with E-state index in [4.69, 9.17) is 16.6 Å². The number of aromatic nitrogens is 4. The van der Waals surface area contributed by atoms with Gasteiger partial charge in [0, 0.05) is 102 Å². The van der Waals surface area contributed by atoms with Gasteiger partial charge in [0.1, 0.15) is 30.6 Å². The predicted octanol–water partition coefficient (Wildman–Crippen LogP) is 10.3. The van der Waals surface area contributed by atoms with E-state index in [2.05, 4.69) is 50.3 Å². The van der Waals surface area contributed by atoms with E-state index in [-0.39, 0.29) is 36.2 Å². The van der Waals surface area contributed by atoms with Gasteiger partial charge >= 0.3 is 6.18 Å². The number of alkyl halides is 3. The van der Waals surface area contributed by atoms with Gasteiger partial charge < -0.3 is 28.7 Å². The molecule has 7 heterocycles. The van der Waals surface area contributed by atoms with E-state index in [1.165, 1.54) is 9.44 Å². The minimum atomic E-state index is -4.45. The molecule has 3 fully saturated rings. The van der Waals surface area contributed by atoms with Crippen LogP contribution in [0.3, 0.4) is 0 Å². The van der Waals surface area contributed by atoms with Gasteiger partial charge in [-0.3, -0.25) is 24.0 Å². The molecule has 0 bridgehead atoms. The molecule has 0 unspecified atom stereocenters. The summed E-state index contributed by atoms with van der Waals surface area (Å²) in [5.74, 6) is 7.76. The lowest BCUT2D eigenvalue weighted by Gasteiger charge is -2.47. The lowest BCUT2D eigenvalue weighted by Crippen LogP contribution is -2.52. The number of carbonyl (C=O) groups excluding carboxylic acids is 2. The van der Waals surface area contributed by atoms with Crippen LogP contribution in [-0.4, -0.2) is 144 Å². The van der Waals surface area contributed by atoms with E-state index < -0.39 is 25.9 Å². The molecule has 77 heavy (non-hydrogen) atoms. The number of likely N-dealkylation sites (tertiary alicyclic amines) is 3. The third kappa shape index (κ3) is 11.5. The summed E-state index contributed by atoms with van der Waals surface area (Å²) in [5, 5.41) is 12.2. The van der Waals surface area contributed by atoms with Gasteiger partial charge in [0.2, 0.25) is 11.8 Å². The lowest BCUT2D eigenvalue weighted by atomic mass is 9.71. The number of carbonyl (C=O) groups is 2. The fourth-order valence-electron chi connectivity index (χ4n) is 11.8. The Hall–Kier alpha value is -5.92. The molecule has 3 aromatic carbocycles. The van der Waals surface area contributed by atoms with Gasteiger partial charge in [-0.15, -0.1) is 21.5 Å². The van der Waals surface area contributed by atoms with Crippen LogP contribution in [0.5, 0.6) is 0 Å². The zero-order valence-electron chi connectivity index (χ0n) is 45.0. The number of hydrogen-bond donors (Lipinski definition) is 0. The Balaban J connectivity index is 0.723. The van der Waals surface area contributed by atoms with Crippen molar-refractivity contribution in [2.75, 3.05) is 89.6 Å². The van der Waals surface area contributed by atoms with Gasteiger partial charge in [0.05, 0.1) is 36.4 Å². The Kier molecular flexibility index (Phi) is 15.4. The molecule has 0 aliphatic carbocycles. The molecular weight excluding hydrogens is 1040 g/mol. The number of amides is 2. The number of benzene rings is 3. The van der Waals surface area contributed by atoms with Crippen LogP contribution in [0.4, 0.5) is 24.5 Å². The summed E-state index contributed by atoms with van der Waals surface area (Å²) in [6, 6.07) is 22.0. The lowest BCUT2D eigenvalue weighted by molar-refractivity contribution is -0.140. The molecule has 3 saturated heterocycles. The second kappa shape index (κ2) is 21.7. The largest absolute Gasteiger partial charge is 0.406 e. The van der Waals surface area contributed by atoms with Crippen LogP contribution < -0.4 is 15.1 Å². The Morgan fingerprint density at radius 3 is 2.16 bits per heavy atom. The summed E-state index contributed by atoms with van der Waals surface area (Å²) in [5.41, 5.74) is 6.52. The van der Waals surface area contributed by atoms with E-state index >= 15 is 0 Å². The van der Waals surface area contributed by atoms with Crippen molar-refractivity contribution in [3.8, 4) is 16.8 Å². The fourth-order valence-corrected chi connectivity index (χ4v) is 14.0. The number of aryl methyl sites for hydroxylation is 2. The molecule has 4 aliphatic rings. The minimum Gasteiger partial charge on any atom is -0.371 e. The second-order valence-electron chi connectivity index (χ2n) is 22.0. The highest BCUT2D eigenvalue weighted by Crippen LogP contribution is 2.44. The van der Waals surface area contributed by atoms with Gasteiger partial charge in [-0.2, -0.15) is 13.2 Å². The highest BCUT2D eigenvalue weighted by atomic mass is 35.5. The Labute approximate surface area is 458 Å². The standard InChI is InChI=1S/C58H67ClF3N10O3PS/c1-38-39(2)77-56-53(38)54(41-13-15-42(59)16-14-41)63-48(55-65-64-40(3)72(55)56)35-51(73)69-30-23-57(24-31-69)25-32-70(33-26-57)52(74)36-68-28-21-44(22-29-68)67(5)49-11-8-12-50-47(49)34-45(71(50)37-58(60,61)62)10-9-27-66(4)43-17-19-46(20-18-43)76(6,7)75/h8,11-20,34,44,48H,21-33,35-37H2,1-7H3/t48-/m0/s1. The van der Waals surface area contributed by atoms with Crippen LogP contribution in [0.2, 0.25) is 5.02 Å². The molecule has 0 saturated carbocycles. The third-order valence-electron chi connectivity index (χ3n) is 16.6. The quantitative estimate of drug-likeness (QED) is 0.0931. The number of aliphatic imine (C=N–C) groups is 1. The van der Waals surface area contributed by atoms with Crippen LogP contribution in [0.1, 0.15) is 89.9 Å². The van der Waals surface area contributed by atoms with E-state index in [9.17, 15) is 27.3 Å². The number of hydrogen-bond acceptors (Lipinski definition) is 10. The molecule has 1 atom stereocenters. The van der Waals surface area contributed by atoms with Crippen LogP contribution in [0.25, 0.3) is 15.9 Å². The Bertz CT molecular complexity index is 3330. The summed E-state index contributed by atoms with van der Waals surface area (Å²) >= 11 is 8.00. The highest BCUT2D eigenvalue weighted by molar-refractivity contribution is 7.70. The first-order chi connectivity index (χ1) is 36.6. The summed E-state index contributed by atoms with van der Waals surface area (Å²) < 4.78 is 58.0. The van der Waals surface area contributed by atoms with E-state index in [0.717, 1.165) is 102 Å². The maximum absolute atomic E-state index is 14.2. The summed E-state index contributed by atoms with van der Waals surface area (Å²) in [6.07, 6.45) is 0.954. The SMILES string of the molecule is Cc1sc2c(c1C)C(c1ccc(Cl)cc1)=N[C@@H](CC(=O)N1CCC3(CC1)CCN(C(=O)CN1CCC(N(C)c4cccc5c4cc(C#CCN(C)c4ccc(P(C)(C)=O)cc4)n5CC(F)(F)F)CC1)CC3)c1nnc(C)n1-2. The zero-order valence-corrected chi connectivity index (χ0v) is 47.4. The molecule has 406 valence electrons. The first kappa shape index (κ1) is 54.4. The number of rotatable bonds is 11. The molecule has 2 amide bonds. The van der Waals surface area contributed by atoms with Crippen molar-refractivity contribution >= 4 is 75.2 Å². The molecule has 6 aromatic rings. The first-order valence-electron chi connectivity index (χ1n) is 26.6. The van der Waals surface area contributed by atoms with Gasteiger partial charge in [-0.25, -0.2) is 0 Å². The molecule has 10 rings (SSSR count). The van der Waals surface area contributed by atoms with E-state index in [1.54, 1.807) is 36.8 Å². The summed E-state index contributed by atoms with van der Waals surface area (Å²) in [6.45, 7) is 13.3. The van der Waals surface area contributed by atoms with Crippen LogP contribution in [0, 0.1) is 38.0 Å². The minimum absolute atomic E-state index is 0.0520. The number of fused-ring (bicyclic) bond motifs is 4.